The van der Waals surface area contributed by atoms with Gasteiger partial charge in [0.15, 0.2) is 17.7 Å². The van der Waals surface area contributed by atoms with Gasteiger partial charge in [-0.2, -0.15) is 0 Å². The molecule has 0 saturated carbocycles. The second-order valence-electron chi connectivity index (χ2n) is 4.26. The van der Waals surface area contributed by atoms with E-state index >= 15 is 0 Å². The molecule has 1 aromatic rings. The van der Waals surface area contributed by atoms with Gasteiger partial charge in [-0.1, -0.05) is 12.1 Å². The van der Waals surface area contributed by atoms with Crippen molar-refractivity contribution in [2.24, 2.45) is 0 Å². The molecule has 0 aliphatic heterocycles. The number of aliphatic hydroxyl groups is 1. The molecular formula is C13H18FNO3. The van der Waals surface area contributed by atoms with Gasteiger partial charge in [0.1, 0.15) is 0 Å². The lowest BCUT2D eigenvalue weighted by atomic mass is 10.3. The first-order valence-corrected chi connectivity index (χ1v) is 5.76. The van der Waals surface area contributed by atoms with Gasteiger partial charge in [-0.05, 0) is 26.0 Å². The first-order chi connectivity index (χ1) is 8.41. The van der Waals surface area contributed by atoms with Crippen molar-refractivity contribution in [3.63, 3.8) is 0 Å². The van der Waals surface area contributed by atoms with Crippen molar-refractivity contribution in [2.75, 3.05) is 13.6 Å². The molecule has 1 amide bonds. The molecular weight excluding hydrogens is 237 g/mol. The Kier molecular flexibility index (Phi) is 5.09. The number of benzene rings is 1. The van der Waals surface area contributed by atoms with Crippen molar-refractivity contribution >= 4 is 5.91 Å². The number of para-hydroxylation sites is 1. The maximum absolute atomic E-state index is 13.3. The smallest absolute Gasteiger partial charge is 0.263 e. The van der Waals surface area contributed by atoms with Gasteiger partial charge in [0.2, 0.25) is 0 Å². The van der Waals surface area contributed by atoms with Gasteiger partial charge in [-0.25, -0.2) is 4.39 Å². The second kappa shape index (κ2) is 6.35. The summed E-state index contributed by atoms with van der Waals surface area (Å²) < 4.78 is 18.6. The summed E-state index contributed by atoms with van der Waals surface area (Å²) in [6, 6.07) is 5.92. The molecule has 2 unspecified atom stereocenters. The number of halogens is 1. The number of aliphatic hydroxyl groups excluding tert-OH is 1. The van der Waals surface area contributed by atoms with Crippen molar-refractivity contribution in [1.82, 2.24) is 4.90 Å². The zero-order valence-corrected chi connectivity index (χ0v) is 10.8. The minimum atomic E-state index is -0.800. The summed E-state index contributed by atoms with van der Waals surface area (Å²) in [6.07, 6.45) is -1.41. The Balaban J connectivity index is 2.63. The molecule has 1 rings (SSSR count). The van der Waals surface area contributed by atoms with Crippen molar-refractivity contribution in [2.45, 2.75) is 26.1 Å². The molecule has 0 saturated heterocycles. The predicted octanol–water partition coefficient (Wildman–Crippen LogP) is 1.43. The molecule has 1 aromatic carbocycles. The van der Waals surface area contributed by atoms with E-state index < -0.39 is 18.0 Å². The summed E-state index contributed by atoms with van der Waals surface area (Å²) in [5, 5.41) is 9.19. The van der Waals surface area contributed by atoms with Gasteiger partial charge < -0.3 is 14.7 Å². The quantitative estimate of drug-likeness (QED) is 0.866. The molecule has 0 aliphatic rings. The van der Waals surface area contributed by atoms with E-state index in [1.165, 1.54) is 17.0 Å². The van der Waals surface area contributed by atoms with Crippen LogP contribution in [0.2, 0.25) is 0 Å². The Hall–Kier alpha value is -1.62. The number of likely N-dealkylation sites (N-methyl/N-ethyl adjacent to an activating group) is 1. The topological polar surface area (TPSA) is 49.8 Å². The number of amides is 1. The van der Waals surface area contributed by atoms with Crippen LogP contribution in [0, 0.1) is 5.82 Å². The van der Waals surface area contributed by atoms with Gasteiger partial charge >= 0.3 is 0 Å². The largest absolute Gasteiger partial charge is 0.478 e. The van der Waals surface area contributed by atoms with Crippen molar-refractivity contribution in [1.29, 1.82) is 0 Å². The minimum absolute atomic E-state index is 0.0452. The molecule has 0 spiro atoms. The number of nitrogens with zero attached hydrogens (tertiary/aromatic N) is 1. The lowest BCUT2D eigenvalue weighted by Crippen LogP contribution is -2.41. The van der Waals surface area contributed by atoms with E-state index in [0.29, 0.717) is 0 Å². The van der Waals surface area contributed by atoms with Crippen LogP contribution in [0.4, 0.5) is 4.39 Å². The molecule has 0 radical (unpaired) electrons. The fourth-order valence-corrected chi connectivity index (χ4v) is 1.58. The van der Waals surface area contributed by atoms with Crippen LogP contribution in [0.3, 0.4) is 0 Å². The van der Waals surface area contributed by atoms with E-state index in [4.69, 9.17) is 4.74 Å². The SMILES string of the molecule is CC(O)CN(C)C(=O)C(C)Oc1ccccc1F. The average Bonchev–Trinajstić information content (AvgIpc) is 2.30. The first-order valence-electron chi connectivity index (χ1n) is 5.76. The van der Waals surface area contributed by atoms with Crippen LogP contribution in [0.25, 0.3) is 0 Å². The van der Waals surface area contributed by atoms with E-state index in [1.807, 2.05) is 0 Å². The molecule has 0 fully saturated rings. The number of hydrogen-bond donors (Lipinski definition) is 1. The van der Waals surface area contributed by atoms with E-state index in [-0.39, 0.29) is 18.2 Å². The summed E-state index contributed by atoms with van der Waals surface area (Å²) in [4.78, 5) is 13.2. The van der Waals surface area contributed by atoms with Gasteiger partial charge in [-0.3, -0.25) is 4.79 Å². The summed E-state index contributed by atoms with van der Waals surface area (Å²) in [6.45, 7) is 3.35. The fourth-order valence-electron chi connectivity index (χ4n) is 1.58. The molecule has 4 nitrogen and oxygen atoms in total. The molecule has 0 aromatic heterocycles. The zero-order chi connectivity index (χ0) is 13.7. The normalized spacial score (nSPS) is 13.8. The lowest BCUT2D eigenvalue weighted by molar-refractivity contribution is -0.137. The van der Waals surface area contributed by atoms with Gasteiger partial charge in [0.05, 0.1) is 6.10 Å². The van der Waals surface area contributed by atoms with Gasteiger partial charge in [0, 0.05) is 13.6 Å². The zero-order valence-electron chi connectivity index (χ0n) is 10.8. The highest BCUT2D eigenvalue weighted by Gasteiger charge is 2.21. The standard InChI is InChI=1S/C13H18FNO3/c1-9(16)8-15(3)13(17)10(2)18-12-7-5-4-6-11(12)14/h4-7,9-10,16H,8H2,1-3H3. The summed E-state index contributed by atoms with van der Waals surface area (Å²) in [7, 11) is 1.57. The third-order valence-electron chi connectivity index (χ3n) is 2.40. The molecule has 0 heterocycles. The number of carbonyl (C=O) groups is 1. The van der Waals surface area contributed by atoms with E-state index in [2.05, 4.69) is 0 Å². The predicted molar refractivity (Wildman–Crippen MR) is 65.8 cm³/mol. The van der Waals surface area contributed by atoms with Crippen molar-refractivity contribution in [3.05, 3.63) is 30.1 Å². The number of hydrogen-bond acceptors (Lipinski definition) is 3. The average molecular weight is 255 g/mol. The summed E-state index contributed by atoms with van der Waals surface area (Å²) in [5.41, 5.74) is 0. The highest BCUT2D eigenvalue weighted by Crippen LogP contribution is 2.17. The first kappa shape index (κ1) is 14.4. The van der Waals surface area contributed by atoms with Crippen LogP contribution in [0.5, 0.6) is 5.75 Å². The highest BCUT2D eigenvalue weighted by atomic mass is 19.1. The van der Waals surface area contributed by atoms with Crippen molar-refractivity contribution in [3.8, 4) is 5.75 Å². The van der Waals surface area contributed by atoms with Gasteiger partial charge in [0.25, 0.3) is 5.91 Å². The van der Waals surface area contributed by atoms with Crippen LogP contribution >= 0.6 is 0 Å². The number of ether oxygens (including phenoxy) is 1. The van der Waals surface area contributed by atoms with Crippen LogP contribution in [0.1, 0.15) is 13.8 Å². The maximum Gasteiger partial charge on any atom is 0.263 e. The Bertz CT molecular complexity index is 409. The Morgan fingerprint density at radius 2 is 2.06 bits per heavy atom. The Morgan fingerprint density at radius 3 is 2.61 bits per heavy atom. The number of rotatable bonds is 5. The molecule has 0 bridgehead atoms. The summed E-state index contributed by atoms with van der Waals surface area (Å²) in [5.74, 6) is -0.765. The lowest BCUT2D eigenvalue weighted by Gasteiger charge is -2.23. The second-order valence-corrected chi connectivity index (χ2v) is 4.26. The summed E-state index contributed by atoms with van der Waals surface area (Å²) >= 11 is 0. The molecule has 100 valence electrons. The van der Waals surface area contributed by atoms with E-state index in [9.17, 15) is 14.3 Å². The number of carbonyl (C=O) groups excluding carboxylic acids is 1. The van der Waals surface area contributed by atoms with Crippen LogP contribution in [-0.2, 0) is 4.79 Å². The third kappa shape index (κ3) is 4.00. The molecule has 1 N–H and O–H groups in total. The van der Waals surface area contributed by atoms with Gasteiger partial charge in [-0.15, -0.1) is 0 Å². The fraction of sp³-hybridized carbons (Fsp3) is 0.462. The molecule has 5 heteroatoms. The Morgan fingerprint density at radius 1 is 1.44 bits per heavy atom. The molecule has 2 atom stereocenters. The van der Waals surface area contributed by atoms with Crippen LogP contribution in [0.15, 0.2) is 24.3 Å². The molecule has 18 heavy (non-hydrogen) atoms. The third-order valence-corrected chi connectivity index (χ3v) is 2.40. The van der Waals surface area contributed by atoms with E-state index in [0.717, 1.165) is 0 Å². The maximum atomic E-state index is 13.3. The van der Waals surface area contributed by atoms with Crippen LogP contribution < -0.4 is 4.74 Å². The highest BCUT2D eigenvalue weighted by molar-refractivity contribution is 5.80. The van der Waals surface area contributed by atoms with Crippen molar-refractivity contribution < 1.29 is 19.0 Å². The monoisotopic (exact) mass is 255 g/mol. The van der Waals surface area contributed by atoms with E-state index in [1.54, 1.807) is 33.0 Å². The Labute approximate surface area is 106 Å². The minimum Gasteiger partial charge on any atom is -0.478 e. The van der Waals surface area contributed by atoms with Crippen LogP contribution in [-0.4, -0.2) is 41.7 Å². The molecule has 0 aliphatic carbocycles.